The Balaban J connectivity index is 3.15. The number of carbonyl (C=O) groups is 2. The maximum atomic E-state index is 11.8. The zero-order valence-corrected chi connectivity index (χ0v) is 13.3. The SMILES string of the molecule is CC(Oc1c(Cl)cc(Cl)cc1/C=C/C(=O)O)C(=O)N(C)C. The van der Waals surface area contributed by atoms with Crippen LogP contribution in [0.1, 0.15) is 12.5 Å². The fraction of sp³-hybridized carbons (Fsp3) is 0.286. The molecule has 0 radical (unpaired) electrons. The third-order valence-corrected chi connectivity index (χ3v) is 3.02. The van der Waals surface area contributed by atoms with Crippen LogP contribution < -0.4 is 4.74 Å². The van der Waals surface area contributed by atoms with Crippen LogP contribution in [0, 0.1) is 0 Å². The first kappa shape index (κ1) is 17.3. The number of benzene rings is 1. The fourth-order valence-corrected chi connectivity index (χ4v) is 2.13. The van der Waals surface area contributed by atoms with E-state index < -0.39 is 12.1 Å². The molecule has 21 heavy (non-hydrogen) atoms. The number of carboxylic acids is 1. The van der Waals surface area contributed by atoms with E-state index in [4.69, 9.17) is 33.0 Å². The van der Waals surface area contributed by atoms with E-state index in [-0.39, 0.29) is 16.7 Å². The van der Waals surface area contributed by atoms with Crippen LogP contribution in [0.2, 0.25) is 10.0 Å². The summed E-state index contributed by atoms with van der Waals surface area (Å²) < 4.78 is 5.56. The standard InChI is InChI=1S/C14H15Cl2NO4/c1-8(14(20)17(2)3)21-13-9(4-5-12(18)19)6-10(15)7-11(13)16/h4-8H,1-3H3,(H,18,19)/b5-4+. The number of nitrogens with zero attached hydrogens (tertiary/aromatic N) is 1. The van der Waals surface area contributed by atoms with E-state index in [1.807, 2.05) is 0 Å². The minimum absolute atomic E-state index is 0.200. The Morgan fingerprint density at radius 1 is 1.33 bits per heavy atom. The van der Waals surface area contributed by atoms with Crippen molar-refractivity contribution in [2.75, 3.05) is 14.1 Å². The molecule has 0 aromatic heterocycles. The molecule has 1 aromatic rings. The molecule has 5 nitrogen and oxygen atoms in total. The molecule has 1 amide bonds. The quantitative estimate of drug-likeness (QED) is 0.842. The molecule has 0 saturated carbocycles. The van der Waals surface area contributed by atoms with Gasteiger partial charge in [0.2, 0.25) is 0 Å². The first-order valence-electron chi connectivity index (χ1n) is 6.00. The lowest BCUT2D eigenvalue weighted by molar-refractivity contribution is -0.135. The molecule has 0 fully saturated rings. The summed E-state index contributed by atoms with van der Waals surface area (Å²) in [6.07, 6.45) is 1.48. The predicted molar refractivity (Wildman–Crippen MR) is 81.9 cm³/mol. The van der Waals surface area contributed by atoms with Crippen LogP contribution in [0.5, 0.6) is 5.75 Å². The van der Waals surface area contributed by atoms with Gasteiger partial charge in [0.15, 0.2) is 6.10 Å². The molecule has 114 valence electrons. The monoisotopic (exact) mass is 331 g/mol. The Morgan fingerprint density at radius 3 is 2.48 bits per heavy atom. The van der Waals surface area contributed by atoms with E-state index in [1.54, 1.807) is 21.0 Å². The summed E-state index contributed by atoms with van der Waals surface area (Å²) in [6.45, 7) is 1.58. The molecule has 7 heteroatoms. The third-order valence-electron chi connectivity index (χ3n) is 2.53. The number of carboxylic acid groups (broad SMARTS) is 1. The van der Waals surface area contributed by atoms with E-state index >= 15 is 0 Å². The van der Waals surface area contributed by atoms with Crippen molar-refractivity contribution in [2.24, 2.45) is 0 Å². The number of hydrogen-bond acceptors (Lipinski definition) is 3. The summed E-state index contributed by atoms with van der Waals surface area (Å²) in [5.74, 6) is -1.15. The zero-order valence-electron chi connectivity index (χ0n) is 11.8. The molecular formula is C14H15Cl2NO4. The van der Waals surface area contributed by atoms with Gasteiger partial charge in [0.25, 0.3) is 5.91 Å². The second-order valence-corrected chi connectivity index (χ2v) is 5.31. The third kappa shape index (κ3) is 4.95. The van der Waals surface area contributed by atoms with E-state index in [0.717, 1.165) is 6.08 Å². The van der Waals surface area contributed by atoms with Crippen LogP contribution in [0.15, 0.2) is 18.2 Å². The van der Waals surface area contributed by atoms with Gasteiger partial charge in [-0.05, 0) is 25.1 Å². The van der Waals surface area contributed by atoms with Crippen molar-refractivity contribution in [1.82, 2.24) is 4.90 Å². The van der Waals surface area contributed by atoms with Crippen molar-refractivity contribution in [3.05, 3.63) is 33.8 Å². The lowest BCUT2D eigenvalue weighted by atomic mass is 10.1. The van der Waals surface area contributed by atoms with Crippen LogP contribution in [0.25, 0.3) is 6.08 Å². The Bertz CT molecular complexity index is 585. The van der Waals surface area contributed by atoms with Gasteiger partial charge < -0.3 is 14.7 Å². The van der Waals surface area contributed by atoms with Gasteiger partial charge >= 0.3 is 5.97 Å². The molecule has 1 N–H and O–H groups in total. The first-order valence-corrected chi connectivity index (χ1v) is 6.76. The molecule has 0 saturated heterocycles. The van der Waals surface area contributed by atoms with Crippen molar-refractivity contribution in [1.29, 1.82) is 0 Å². The molecule has 1 rings (SSSR count). The molecule has 0 aliphatic rings. The normalized spacial score (nSPS) is 12.2. The average Bonchev–Trinajstić information content (AvgIpc) is 2.38. The maximum absolute atomic E-state index is 11.8. The van der Waals surface area contributed by atoms with Gasteiger partial charge in [-0.25, -0.2) is 4.79 Å². The Morgan fingerprint density at radius 2 is 1.95 bits per heavy atom. The van der Waals surface area contributed by atoms with Crippen molar-refractivity contribution in [2.45, 2.75) is 13.0 Å². The number of hydrogen-bond donors (Lipinski definition) is 1. The van der Waals surface area contributed by atoms with Crippen molar-refractivity contribution in [3.8, 4) is 5.75 Å². The summed E-state index contributed by atoms with van der Waals surface area (Å²) in [5, 5.41) is 9.23. The molecule has 1 aromatic carbocycles. The Labute approximate surface area is 132 Å². The van der Waals surface area contributed by atoms with Crippen LogP contribution in [0.3, 0.4) is 0 Å². The minimum atomic E-state index is -1.12. The van der Waals surface area contributed by atoms with Gasteiger partial charge in [0, 0.05) is 30.8 Å². The number of likely N-dealkylation sites (N-methyl/N-ethyl adjacent to an activating group) is 1. The van der Waals surface area contributed by atoms with E-state index in [1.165, 1.54) is 23.1 Å². The molecule has 0 aliphatic carbocycles. The topological polar surface area (TPSA) is 66.8 Å². The van der Waals surface area contributed by atoms with Gasteiger partial charge in [-0.1, -0.05) is 23.2 Å². The van der Waals surface area contributed by atoms with Crippen molar-refractivity contribution in [3.63, 3.8) is 0 Å². The van der Waals surface area contributed by atoms with Crippen molar-refractivity contribution < 1.29 is 19.4 Å². The van der Waals surface area contributed by atoms with Crippen LogP contribution in [0.4, 0.5) is 0 Å². The van der Waals surface area contributed by atoms with Gasteiger partial charge in [-0.2, -0.15) is 0 Å². The largest absolute Gasteiger partial charge is 0.479 e. The second-order valence-electron chi connectivity index (χ2n) is 4.47. The van der Waals surface area contributed by atoms with E-state index in [2.05, 4.69) is 0 Å². The summed E-state index contributed by atoms with van der Waals surface area (Å²) >= 11 is 12.0. The molecule has 0 bridgehead atoms. The molecule has 1 unspecified atom stereocenters. The number of aliphatic carboxylic acids is 1. The Hall–Kier alpha value is -1.72. The zero-order chi connectivity index (χ0) is 16.2. The molecular weight excluding hydrogens is 317 g/mol. The highest BCUT2D eigenvalue weighted by molar-refractivity contribution is 6.36. The summed E-state index contributed by atoms with van der Waals surface area (Å²) in [4.78, 5) is 23.8. The first-order chi connectivity index (χ1) is 9.72. The van der Waals surface area contributed by atoms with Crippen LogP contribution in [-0.4, -0.2) is 42.1 Å². The van der Waals surface area contributed by atoms with E-state index in [9.17, 15) is 9.59 Å². The number of ether oxygens (including phenoxy) is 1. The predicted octanol–water partition coefficient (Wildman–Crippen LogP) is 2.95. The van der Waals surface area contributed by atoms with Crippen LogP contribution in [-0.2, 0) is 9.59 Å². The summed E-state index contributed by atoms with van der Waals surface area (Å²) in [7, 11) is 3.22. The van der Waals surface area contributed by atoms with Crippen molar-refractivity contribution >= 4 is 41.2 Å². The average molecular weight is 332 g/mol. The molecule has 0 heterocycles. The fourth-order valence-electron chi connectivity index (χ4n) is 1.58. The number of halogens is 2. The molecule has 1 atom stereocenters. The van der Waals surface area contributed by atoms with Gasteiger partial charge in [0.05, 0.1) is 5.02 Å². The smallest absolute Gasteiger partial charge is 0.328 e. The number of amides is 1. The summed E-state index contributed by atoms with van der Waals surface area (Å²) in [6, 6.07) is 2.97. The molecule has 0 aliphatic heterocycles. The molecule has 0 spiro atoms. The number of carbonyl (C=O) groups excluding carboxylic acids is 1. The van der Waals surface area contributed by atoms with Gasteiger partial charge in [-0.15, -0.1) is 0 Å². The van der Waals surface area contributed by atoms with Gasteiger partial charge in [0.1, 0.15) is 5.75 Å². The summed E-state index contributed by atoms with van der Waals surface area (Å²) in [5.41, 5.74) is 0.383. The highest BCUT2D eigenvalue weighted by Gasteiger charge is 2.19. The minimum Gasteiger partial charge on any atom is -0.479 e. The number of rotatable bonds is 5. The van der Waals surface area contributed by atoms with E-state index in [0.29, 0.717) is 10.6 Å². The highest BCUT2D eigenvalue weighted by atomic mass is 35.5. The lowest BCUT2D eigenvalue weighted by Gasteiger charge is -2.20. The van der Waals surface area contributed by atoms with Gasteiger partial charge in [-0.3, -0.25) is 4.79 Å². The van der Waals surface area contributed by atoms with Crippen LogP contribution >= 0.6 is 23.2 Å². The maximum Gasteiger partial charge on any atom is 0.328 e. The lowest BCUT2D eigenvalue weighted by Crippen LogP contribution is -2.35. The second kappa shape index (κ2) is 7.33. The highest BCUT2D eigenvalue weighted by Crippen LogP contribution is 2.34. The Kier molecular flexibility index (Phi) is 6.05.